The van der Waals surface area contributed by atoms with Crippen LogP contribution in [0, 0.1) is 17.8 Å². The minimum absolute atomic E-state index is 0.155. The van der Waals surface area contributed by atoms with Crippen molar-refractivity contribution in [1.82, 2.24) is 10.2 Å². The SMILES string of the molecule is COC(=O)c1ccc(CSc2nnc(C34CC5CC(CC(C5)C3)C4)o2)cc1. The van der Waals surface area contributed by atoms with Gasteiger partial charge in [-0.2, -0.15) is 0 Å². The van der Waals surface area contributed by atoms with Crippen molar-refractivity contribution in [2.45, 2.75) is 54.9 Å². The Kier molecular flexibility index (Phi) is 4.26. The van der Waals surface area contributed by atoms with Gasteiger partial charge in [-0.05, 0) is 74.0 Å². The fourth-order valence-electron chi connectivity index (χ4n) is 5.85. The summed E-state index contributed by atoms with van der Waals surface area (Å²) in [4.78, 5) is 11.5. The number of rotatable bonds is 5. The lowest BCUT2D eigenvalue weighted by Crippen LogP contribution is -2.48. The van der Waals surface area contributed by atoms with Crippen molar-refractivity contribution in [1.29, 1.82) is 0 Å². The van der Waals surface area contributed by atoms with Crippen LogP contribution in [0.5, 0.6) is 0 Å². The fraction of sp³-hybridized carbons (Fsp3) is 0.571. The van der Waals surface area contributed by atoms with Crippen LogP contribution in [-0.2, 0) is 15.9 Å². The molecule has 4 aliphatic carbocycles. The first-order valence-corrected chi connectivity index (χ1v) is 10.8. The van der Waals surface area contributed by atoms with Gasteiger partial charge in [0.15, 0.2) is 0 Å². The number of methoxy groups -OCH3 is 1. The third-order valence-corrected chi connectivity index (χ3v) is 7.53. The minimum Gasteiger partial charge on any atom is -0.465 e. The average Bonchev–Trinajstić information content (AvgIpc) is 3.15. The normalized spacial score (nSPS) is 31.2. The number of nitrogens with zero attached hydrogens (tertiary/aromatic N) is 2. The van der Waals surface area contributed by atoms with Gasteiger partial charge >= 0.3 is 5.97 Å². The molecule has 1 heterocycles. The van der Waals surface area contributed by atoms with Gasteiger partial charge in [0.25, 0.3) is 5.22 Å². The van der Waals surface area contributed by atoms with E-state index in [4.69, 9.17) is 9.15 Å². The van der Waals surface area contributed by atoms with E-state index in [1.54, 1.807) is 23.9 Å². The molecule has 4 bridgehead atoms. The molecule has 4 aliphatic rings. The molecule has 0 radical (unpaired) electrons. The highest BCUT2D eigenvalue weighted by Gasteiger charge is 2.54. The largest absolute Gasteiger partial charge is 0.465 e. The van der Waals surface area contributed by atoms with Gasteiger partial charge in [0, 0.05) is 11.2 Å². The molecule has 6 heteroatoms. The number of hydrogen-bond donors (Lipinski definition) is 0. The maximum Gasteiger partial charge on any atom is 0.337 e. The van der Waals surface area contributed by atoms with Crippen molar-refractivity contribution in [3.05, 3.63) is 41.3 Å². The second-order valence-corrected chi connectivity index (χ2v) is 9.47. The first-order chi connectivity index (χ1) is 13.1. The number of carbonyl (C=O) groups excluding carboxylic acids is 1. The van der Waals surface area contributed by atoms with Gasteiger partial charge in [-0.15, -0.1) is 10.2 Å². The summed E-state index contributed by atoms with van der Waals surface area (Å²) in [6.07, 6.45) is 7.95. The second kappa shape index (κ2) is 6.66. The number of hydrogen-bond acceptors (Lipinski definition) is 6. The molecule has 0 aliphatic heterocycles. The Bertz CT molecular complexity index is 810. The van der Waals surface area contributed by atoms with Crippen molar-refractivity contribution < 1.29 is 13.9 Å². The van der Waals surface area contributed by atoms with Crippen LogP contribution in [0.3, 0.4) is 0 Å². The van der Waals surface area contributed by atoms with E-state index in [0.717, 1.165) is 35.0 Å². The van der Waals surface area contributed by atoms with Gasteiger partial charge in [0.05, 0.1) is 12.7 Å². The van der Waals surface area contributed by atoms with E-state index in [1.807, 2.05) is 12.1 Å². The van der Waals surface area contributed by atoms with E-state index in [9.17, 15) is 4.79 Å². The summed E-state index contributed by atoms with van der Waals surface area (Å²) in [5, 5.41) is 9.44. The van der Waals surface area contributed by atoms with Gasteiger partial charge in [-0.25, -0.2) is 4.79 Å². The summed E-state index contributed by atoms with van der Waals surface area (Å²) < 4.78 is 10.9. The summed E-state index contributed by atoms with van der Waals surface area (Å²) >= 11 is 1.56. The molecule has 0 unspecified atom stereocenters. The van der Waals surface area contributed by atoms with Crippen LogP contribution in [0.15, 0.2) is 33.9 Å². The molecule has 0 atom stereocenters. The average molecular weight is 385 g/mol. The van der Waals surface area contributed by atoms with Gasteiger partial charge in [0.1, 0.15) is 0 Å². The molecular formula is C21H24N2O3S. The van der Waals surface area contributed by atoms with Crippen molar-refractivity contribution in [3.63, 3.8) is 0 Å². The monoisotopic (exact) mass is 384 g/mol. The third-order valence-electron chi connectivity index (χ3n) is 6.64. The van der Waals surface area contributed by atoms with Crippen LogP contribution < -0.4 is 0 Å². The second-order valence-electron chi connectivity index (χ2n) is 8.55. The van der Waals surface area contributed by atoms with E-state index in [1.165, 1.54) is 45.6 Å². The Morgan fingerprint density at radius 3 is 2.33 bits per heavy atom. The first kappa shape index (κ1) is 17.3. The topological polar surface area (TPSA) is 65.2 Å². The van der Waals surface area contributed by atoms with Gasteiger partial charge in [0.2, 0.25) is 5.89 Å². The van der Waals surface area contributed by atoms with Crippen LogP contribution in [0.25, 0.3) is 0 Å². The lowest BCUT2D eigenvalue weighted by Gasteiger charge is -2.55. The molecule has 1 aromatic heterocycles. The Morgan fingerprint density at radius 2 is 1.74 bits per heavy atom. The number of benzene rings is 1. The zero-order valence-electron chi connectivity index (χ0n) is 15.5. The Balaban J connectivity index is 1.26. The number of aromatic nitrogens is 2. The highest BCUT2D eigenvalue weighted by atomic mass is 32.2. The van der Waals surface area contributed by atoms with Crippen molar-refractivity contribution in [3.8, 4) is 0 Å². The Morgan fingerprint density at radius 1 is 1.11 bits per heavy atom. The molecular weight excluding hydrogens is 360 g/mol. The summed E-state index contributed by atoms with van der Waals surface area (Å²) in [7, 11) is 1.39. The molecule has 2 aromatic rings. The summed E-state index contributed by atoms with van der Waals surface area (Å²) in [6, 6.07) is 7.46. The maximum absolute atomic E-state index is 11.5. The highest BCUT2D eigenvalue weighted by molar-refractivity contribution is 7.98. The molecule has 0 saturated heterocycles. The van der Waals surface area contributed by atoms with Gasteiger partial charge < -0.3 is 9.15 Å². The third kappa shape index (κ3) is 3.18. The molecule has 142 valence electrons. The molecule has 6 rings (SSSR count). The maximum atomic E-state index is 11.5. The highest BCUT2D eigenvalue weighted by Crippen LogP contribution is 2.60. The Hall–Kier alpha value is -1.82. The molecule has 4 fully saturated rings. The zero-order chi connectivity index (χ0) is 18.4. The van der Waals surface area contributed by atoms with E-state index >= 15 is 0 Å². The van der Waals surface area contributed by atoms with E-state index in [-0.39, 0.29) is 11.4 Å². The standard InChI is InChI=1S/C21H24N2O3S/c1-25-18(24)17-4-2-13(3-5-17)12-27-20-23-22-19(26-20)21-9-14-6-15(10-21)8-16(7-14)11-21/h2-5,14-16H,6-12H2,1H3. The summed E-state index contributed by atoms with van der Waals surface area (Å²) in [5.41, 5.74) is 1.83. The van der Waals surface area contributed by atoms with E-state index < -0.39 is 0 Å². The van der Waals surface area contributed by atoms with Crippen molar-refractivity contribution in [2.75, 3.05) is 7.11 Å². The number of ether oxygens (including phenoxy) is 1. The molecule has 1 aromatic carbocycles. The predicted octanol–water partition coefficient (Wildman–Crippen LogP) is 4.62. The number of thioether (sulfide) groups is 1. The molecule has 4 saturated carbocycles. The predicted molar refractivity (Wildman–Crippen MR) is 101 cm³/mol. The van der Waals surface area contributed by atoms with Crippen LogP contribution in [0.2, 0.25) is 0 Å². The summed E-state index contributed by atoms with van der Waals surface area (Å²) in [6.45, 7) is 0. The fourth-order valence-corrected chi connectivity index (χ4v) is 6.57. The van der Waals surface area contributed by atoms with Gasteiger partial charge in [-0.1, -0.05) is 23.9 Å². The lowest BCUT2D eigenvalue weighted by molar-refractivity contribution is -0.0191. The van der Waals surface area contributed by atoms with Crippen LogP contribution in [0.4, 0.5) is 0 Å². The Labute approximate surface area is 163 Å². The molecule has 27 heavy (non-hydrogen) atoms. The van der Waals surface area contributed by atoms with E-state index in [0.29, 0.717) is 10.8 Å². The van der Waals surface area contributed by atoms with Crippen LogP contribution in [0.1, 0.15) is 60.3 Å². The lowest BCUT2D eigenvalue weighted by atomic mass is 9.49. The smallest absolute Gasteiger partial charge is 0.337 e. The molecule has 0 amide bonds. The molecule has 0 N–H and O–H groups in total. The first-order valence-electron chi connectivity index (χ1n) is 9.77. The van der Waals surface area contributed by atoms with Gasteiger partial charge in [-0.3, -0.25) is 0 Å². The summed E-state index contributed by atoms with van der Waals surface area (Å²) in [5.74, 6) is 3.91. The van der Waals surface area contributed by atoms with Crippen LogP contribution >= 0.6 is 11.8 Å². The minimum atomic E-state index is -0.314. The van der Waals surface area contributed by atoms with Crippen molar-refractivity contribution >= 4 is 17.7 Å². The number of esters is 1. The number of carbonyl (C=O) groups is 1. The quantitative estimate of drug-likeness (QED) is 0.554. The van der Waals surface area contributed by atoms with Crippen molar-refractivity contribution in [2.24, 2.45) is 17.8 Å². The van der Waals surface area contributed by atoms with E-state index in [2.05, 4.69) is 10.2 Å². The van der Waals surface area contributed by atoms with Crippen LogP contribution in [-0.4, -0.2) is 23.3 Å². The molecule has 0 spiro atoms. The molecule has 5 nitrogen and oxygen atoms in total. The zero-order valence-corrected chi connectivity index (χ0v) is 16.3.